The van der Waals surface area contributed by atoms with Gasteiger partial charge in [0.1, 0.15) is 0 Å². The van der Waals surface area contributed by atoms with Crippen molar-refractivity contribution in [1.29, 1.82) is 0 Å². The molecule has 1 aliphatic heterocycles. The molecule has 0 bridgehead atoms. The first kappa shape index (κ1) is 32.9. The number of rotatable bonds is 17. The average Bonchev–Trinajstić information content (AvgIpc) is 2.97. The fraction of sp³-hybridized carbons (Fsp3) is 0.606. The second-order valence-corrected chi connectivity index (χ2v) is 12.4. The summed E-state index contributed by atoms with van der Waals surface area (Å²) in [5.41, 5.74) is 3.56. The molecule has 40 heavy (non-hydrogen) atoms. The van der Waals surface area contributed by atoms with E-state index in [1.165, 1.54) is 5.56 Å². The number of benzene rings is 2. The summed E-state index contributed by atoms with van der Waals surface area (Å²) in [5, 5.41) is 3.75. The molecule has 1 N–H and O–H groups in total. The van der Waals surface area contributed by atoms with Crippen molar-refractivity contribution in [3.63, 3.8) is 0 Å². The third kappa shape index (κ3) is 10.1. The average molecular weight is 590 g/mol. The molecule has 0 aliphatic carbocycles. The molecule has 1 fully saturated rings. The minimum Gasteiger partial charge on any atom is -0.380 e. The Morgan fingerprint density at radius 1 is 0.925 bits per heavy atom. The number of carbonyl (C=O) groups excluding carboxylic acids is 1. The van der Waals surface area contributed by atoms with Crippen LogP contribution in [0.3, 0.4) is 0 Å². The highest BCUT2D eigenvalue weighted by atomic mass is 35.5. The topological polar surface area (TPSA) is 56.8 Å². The summed E-state index contributed by atoms with van der Waals surface area (Å²) in [6, 6.07) is 13.8. The van der Waals surface area contributed by atoms with E-state index in [9.17, 15) is 4.79 Å². The van der Waals surface area contributed by atoms with Gasteiger partial charge in [-0.15, -0.1) is 11.8 Å². The lowest BCUT2D eigenvalue weighted by atomic mass is 9.98. The van der Waals surface area contributed by atoms with Crippen LogP contribution in [-0.4, -0.2) is 49.8 Å². The molecular formula is C33H48ClNO4S. The van der Waals surface area contributed by atoms with E-state index in [-0.39, 0.29) is 28.6 Å². The fourth-order valence-corrected chi connectivity index (χ4v) is 6.60. The maximum absolute atomic E-state index is 13.3. The van der Waals surface area contributed by atoms with Crippen molar-refractivity contribution >= 4 is 35.0 Å². The summed E-state index contributed by atoms with van der Waals surface area (Å²) in [5.74, 6) is -0.201. The van der Waals surface area contributed by atoms with E-state index in [1.807, 2.05) is 54.2 Å². The van der Waals surface area contributed by atoms with Crippen LogP contribution in [0, 0.1) is 0 Å². The summed E-state index contributed by atoms with van der Waals surface area (Å²) < 4.78 is 19.1. The van der Waals surface area contributed by atoms with Crippen LogP contribution >= 0.6 is 23.4 Å². The Kier molecular flexibility index (Phi) is 14.9. The van der Waals surface area contributed by atoms with Gasteiger partial charge in [0, 0.05) is 30.8 Å². The molecule has 0 unspecified atom stereocenters. The summed E-state index contributed by atoms with van der Waals surface area (Å²) in [6.45, 7) is 11.5. The normalized spacial score (nSPS) is 20.9. The molecule has 0 radical (unpaired) electrons. The van der Waals surface area contributed by atoms with E-state index in [2.05, 4.69) is 33.0 Å². The lowest BCUT2D eigenvalue weighted by molar-refractivity contribution is -0.0888. The minimum absolute atomic E-state index is 0.0209. The Morgan fingerprint density at radius 2 is 1.60 bits per heavy atom. The van der Waals surface area contributed by atoms with Gasteiger partial charge in [0.15, 0.2) is 0 Å². The number of ether oxygens (including phenoxy) is 3. The monoisotopic (exact) mass is 589 g/mol. The Bertz CT molecular complexity index is 1020. The first-order valence-corrected chi connectivity index (χ1v) is 16.5. The van der Waals surface area contributed by atoms with Crippen molar-refractivity contribution in [3.8, 4) is 0 Å². The standard InChI is InChI=1S/C33H48ClNO4S/c1-5-9-18-37-23-31-32(39-20-11-7-3)29(38-19-10-6-2)22-30(40-31)25-14-17-28(34)27(21-25)33(36)35-26-15-12-24(8-4)13-16-26/h12-17,21,29-32H,5-11,18-20,22-23H2,1-4H3,(H,35,36)/t29-,30-,31-,32+/m1/s1. The molecule has 1 saturated heterocycles. The molecule has 0 saturated carbocycles. The number of amides is 1. The van der Waals surface area contributed by atoms with Crippen molar-refractivity contribution in [2.24, 2.45) is 0 Å². The molecule has 7 heteroatoms. The van der Waals surface area contributed by atoms with Gasteiger partial charge in [0.2, 0.25) is 0 Å². The van der Waals surface area contributed by atoms with Crippen molar-refractivity contribution in [2.45, 2.75) is 102 Å². The second kappa shape index (κ2) is 18.1. The Hall–Kier alpha value is -1.57. The maximum atomic E-state index is 13.3. The van der Waals surface area contributed by atoms with Crippen LogP contribution in [0.1, 0.15) is 99.4 Å². The van der Waals surface area contributed by atoms with Crippen LogP contribution in [0.25, 0.3) is 0 Å². The van der Waals surface area contributed by atoms with Gasteiger partial charge in [0.25, 0.3) is 5.91 Å². The van der Waals surface area contributed by atoms with E-state index in [4.69, 9.17) is 25.8 Å². The van der Waals surface area contributed by atoms with Crippen LogP contribution in [0.15, 0.2) is 42.5 Å². The van der Waals surface area contributed by atoms with Gasteiger partial charge >= 0.3 is 0 Å². The second-order valence-electron chi connectivity index (χ2n) is 10.5. The SMILES string of the molecule is CCCCOC[C@H]1S[C@@H](c2ccc(Cl)c(C(=O)Nc3ccc(CC)cc3)c2)C[C@@H](OCCCC)[C@@H]1OCCCC. The number of halogens is 1. The van der Waals surface area contributed by atoms with Crippen molar-refractivity contribution in [1.82, 2.24) is 0 Å². The fourth-order valence-electron chi connectivity index (χ4n) is 4.78. The van der Waals surface area contributed by atoms with Crippen molar-refractivity contribution < 1.29 is 19.0 Å². The number of thioether (sulfide) groups is 1. The van der Waals surface area contributed by atoms with Gasteiger partial charge in [0.05, 0.1) is 34.7 Å². The molecule has 0 spiro atoms. The number of aryl methyl sites for hydroxylation is 1. The van der Waals surface area contributed by atoms with E-state index in [0.29, 0.717) is 17.2 Å². The smallest absolute Gasteiger partial charge is 0.257 e. The number of anilines is 1. The molecule has 0 aromatic heterocycles. The van der Waals surface area contributed by atoms with E-state index in [1.54, 1.807) is 0 Å². The number of nitrogens with one attached hydrogen (secondary N) is 1. The predicted molar refractivity (Wildman–Crippen MR) is 169 cm³/mol. The van der Waals surface area contributed by atoms with Crippen LogP contribution in [0.5, 0.6) is 0 Å². The number of unbranched alkanes of at least 4 members (excludes halogenated alkanes) is 3. The summed E-state index contributed by atoms with van der Waals surface area (Å²) in [6.07, 6.45) is 8.13. The largest absolute Gasteiger partial charge is 0.380 e. The molecule has 2 aromatic carbocycles. The molecule has 1 amide bonds. The highest BCUT2D eigenvalue weighted by Gasteiger charge is 2.40. The molecule has 222 valence electrons. The molecule has 5 nitrogen and oxygen atoms in total. The molecule has 3 rings (SSSR count). The van der Waals surface area contributed by atoms with Gasteiger partial charge in [-0.3, -0.25) is 4.79 Å². The van der Waals surface area contributed by atoms with Crippen molar-refractivity contribution in [3.05, 3.63) is 64.2 Å². The third-order valence-corrected chi connectivity index (χ3v) is 9.18. The zero-order chi connectivity index (χ0) is 28.7. The minimum atomic E-state index is -0.201. The molecule has 1 aliphatic rings. The van der Waals surface area contributed by atoms with Crippen LogP contribution in [0.2, 0.25) is 5.02 Å². The third-order valence-electron chi connectivity index (χ3n) is 7.31. The van der Waals surface area contributed by atoms with E-state index < -0.39 is 0 Å². The molecular weight excluding hydrogens is 542 g/mol. The molecule has 2 aromatic rings. The van der Waals surface area contributed by atoms with Crippen LogP contribution in [0.4, 0.5) is 5.69 Å². The maximum Gasteiger partial charge on any atom is 0.257 e. The lowest BCUT2D eigenvalue weighted by Gasteiger charge is -2.41. The van der Waals surface area contributed by atoms with Gasteiger partial charge in [-0.1, -0.05) is 76.8 Å². The summed E-state index contributed by atoms with van der Waals surface area (Å²) in [7, 11) is 0. The number of hydrogen-bond acceptors (Lipinski definition) is 5. The van der Waals surface area contributed by atoms with E-state index in [0.717, 1.165) is 82.4 Å². The van der Waals surface area contributed by atoms with Gasteiger partial charge in [-0.2, -0.15) is 0 Å². The van der Waals surface area contributed by atoms with Crippen LogP contribution in [-0.2, 0) is 20.6 Å². The zero-order valence-corrected chi connectivity index (χ0v) is 26.3. The first-order chi connectivity index (χ1) is 19.5. The van der Waals surface area contributed by atoms with Crippen LogP contribution < -0.4 is 5.32 Å². The molecule has 4 atom stereocenters. The van der Waals surface area contributed by atoms with Gasteiger partial charge < -0.3 is 19.5 Å². The zero-order valence-electron chi connectivity index (χ0n) is 24.8. The predicted octanol–water partition coefficient (Wildman–Crippen LogP) is 8.89. The highest BCUT2D eigenvalue weighted by molar-refractivity contribution is 8.00. The van der Waals surface area contributed by atoms with Gasteiger partial charge in [-0.25, -0.2) is 0 Å². The number of carbonyl (C=O) groups is 1. The van der Waals surface area contributed by atoms with Crippen molar-refractivity contribution in [2.75, 3.05) is 31.7 Å². The Balaban J connectivity index is 1.81. The Morgan fingerprint density at radius 3 is 2.27 bits per heavy atom. The molecule has 1 heterocycles. The lowest BCUT2D eigenvalue weighted by Crippen LogP contribution is -2.46. The quantitative estimate of drug-likeness (QED) is 0.187. The number of hydrogen-bond donors (Lipinski definition) is 1. The summed E-state index contributed by atoms with van der Waals surface area (Å²) >= 11 is 8.43. The first-order valence-electron chi connectivity index (χ1n) is 15.2. The van der Waals surface area contributed by atoms with E-state index >= 15 is 0 Å². The highest BCUT2D eigenvalue weighted by Crippen LogP contribution is 2.45. The van der Waals surface area contributed by atoms with Gasteiger partial charge in [-0.05, 0) is 67.5 Å². The summed E-state index contributed by atoms with van der Waals surface area (Å²) in [4.78, 5) is 13.3. The Labute approximate surface area is 251 Å².